The van der Waals surface area contributed by atoms with Crippen molar-refractivity contribution in [2.24, 2.45) is 0 Å². The molecule has 0 radical (unpaired) electrons. The summed E-state index contributed by atoms with van der Waals surface area (Å²) >= 11 is 0. The Hall–Kier alpha value is -1.07. The third-order valence-corrected chi connectivity index (χ3v) is 19.0. The summed E-state index contributed by atoms with van der Waals surface area (Å²) < 4.78 is 36.6. The second-order valence-corrected chi connectivity index (χ2v) is 21.0. The number of aromatic nitrogens is 1. The zero-order valence-electron chi connectivity index (χ0n) is 18.8. The van der Waals surface area contributed by atoms with Gasteiger partial charge in [-0.05, 0) is 56.7 Å². The minimum atomic E-state index is -3.63. The number of para-hydroxylation sites is 1. The number of sulfonamides is 1. The van der Waals surface area contributed by atoms with Crippen LogP contribution in [0.5, 0.6) is 0 Å². The number of pyridine rings is 1. The van der Waals surface area contributed by atoms with Crippen molar-refractivity contribution in [3.05, 3.63) is 36.5 Å². The predicted molar refractivity (Wildman–Crippen MR) is 127 cm³/mol. The number of benzene rings is 1. The zero-order valence-corrected chi connectivity index (χ0v) is 21.6. The fourth-order valence-electron chi connectivity index (χ4n) is 5.60. The van der Waals surface area contributed by atoms with Crippen LogP contribution in [0.15, 0.2) is 41.4 Å². The molecule has 0 spiro atoms. The predicted octanol–water partition coefficient (Wildman–Crippen LogP) is 5.37. The fraction of sp³-hybridized carbons (Fsp3) is 0.591. The van der Waals surface area contributed by atoms with Gasteiger partial charge in [0.2, 0.25) is 10.0 Å². The van der Waals surface area contributed by atoms with E-state index in [0.29, 0.717) is 29.0 Å². The summed E-state index contributed by atoms with van der Waals surface area (Å²) in [4.78, 5) is 4.76. The molecule has 0 N–H and O–H groups in total. The molecule has 0 amide bonds. The van der Waals surface area contributed by atoms with Crippen molar-refractivity contribution in [1.82, 2.24) is 9.29 Å². The van der Waals surface area contributed by atoms with Crippen molar-refractivity contribution < 1.29 is 12.5 Å². The molecule has 2 atom stereocenters. The second-order valence-electron chi connectivity index (χ2n) is 10.1. The molecule has 0 aliphatic carbocycles. The van der Waals surface area contributed by atoms with E-state index < -0.39 is 26.7 Å². The number of piperidine rings is 1. The molecule has 2 bridgehead atoms. The van der Waals surface area contributed by atoms with Crippen LogP contribution in [-0.4, -0.2) is 47.4 Å². The van der Waals surface area contributed by atoms with Gasteiger partial charge in [0.25, 0.3) is 0 Å². The first-order valence-corrected chi connectivity index (χ1v) is 18.4. The van der Waals surface area contributed by atoms with E-state index in [1.165, 1.54) is 0 Å². The van der Waals surface area contributed by atoms with Gasteiger partial charge in [-0.2, -0.15) is 4.31 Å². The third kappa shape index (κ3) is 3.50. The molecule has 1 aromatic carbocycles. The van der Waals surface area contributed by atoms with Crippen LogP contribution in [0.1, 0.15) is 32.6 Å². The van der Waals surface area contributed by atoms with Gasteiger partial charge in [-0.25, -0.2) is 8.42 Å². The largest absolute Gasteiger partial charge is 0.455 e. The molecular weight excluding hydrogens is 428 g/mol. The van der Waals surface area contributed by atoms with Crippen LogP contribution in [0.3, 0.4) is 0 Å². The van der Waals surface area contributed by atoms with E-state index in [4.69, 9.17) is 4.12 Å². The maximum Gasteiger partial charge on any atom is 0.245 e. The number of hydrogen-bond donors (Lipinski definition) is 0. The normalized spacial score (nSPS) is 28.5. The van der Waals surface area contributed by atoms with Crippen molar-refractivity contribution in [2.45, 2.75) is 74.3 Å². The molecule has 2 aliphatic heterocycles. The number of fused-ring (bicyclic) bond motifs is 3. The first-order chi connectivity index (χ1) is 14.0. The topological polar surface area (TPSA) is 59.5 Å². The van der Waals surface area contributed by atoms with Crippen molar-refractivity contribution in [2.75, 3.05) is 13.1 Å². The van der Waals surface area contributed by atoms with Gasteiger partial charge in [0.05, 0.1) is 5.52 Å². The number of rotatable bonds is 5. The lowest BCUT2D eigenvalue weighted by atomic mass is 9.92. The monoisotopic (exact) mass is 462 g/mol. The Morgan fingerprint density at radius 2 is 1.93 bits per heavy atom. The number of nitrogens with zero attached hydrogens (tertiary/aromatic N) is 2. The summed E-state index contributed by atoms with van der Waals surface area (Å²) in [5.74, 6) is 0. The van der Waals surface area contributed by atoms with E-state index in [0.717, 1.165) is 31.1 Å². The van der Waals surface area contributed by atoms with E-state index in [1.807, 2.05) is 24.3 Å². The molecule has 2 aliphatic rings. The highest BCUT2D eigenvalue weighted by molar-refractivity contribution is 7.89. The van der Waals surface area contributed by atoms with Crippen LogP contribution in [0.25, 0.3) is 10.9 Å². The molecule has 2 saturated heterocycles. The maximum absolute atomic E-state index is 13.9. The van der Waals surface area contributed by atoms with E-state index in [-0.39, 0.29) is 5.04 Å². The van der Waals surface area contributed by atoms with Gasteiger partial charge < -0.3 is 4.12 Å². The minimum Gasteiger partial charge on any atom is -0.455 e. The Balaban J connectivity index is 1.81. The second kappa shape index (κ2) is 7.51. The molecule has 1 aromatic heterocycles. The molecular formula is C22H34N2O3SSi2. The first-order valence-electron chi connectivity index (χ1n) is 11.1. The summed E-state index contributed by atoms with van der Waals surface area (Å²) in [6.45, 7) is 12.6. The summed E-state index contributed by atoms with van der Waals surface area (Å²) in [5.41, 5.74) is 0.906. The number of hydrogen-bond acceptors (Lipinski definition) is 4. The van der Waals surface area contributed by atoms with Crippen molar-refractivity contribution in [1.29, 1.82) is 0 Å². The molecule has 4 rings (SSSR count). The van der Waals surface area contributed by atoms with E-state index >= 15 is 0 Å². The van der Waals surface area contributed by atoms with Gasteiger partial charge in [-0.15, -0.1) is 0 Å². The lowest BCUT2D eigenvalue weighted by Gasteiger charge is -2.61. The standard InChI is InChI=1S/C22H34N2O3SSi2/c1-6-7-13-22-15-19(29(2,3)27-30(22,4)5)16-24(17-22)28(25,26)20-12-8-10-18-11-9-14-23-21(18)20/h8-12,14,19H,6-7,13,15-17H2,1-5H3/t19-,22?/m1/s1. The summed E-state index contributed by atoms with van der Waals surface area (Å²) in [7, 11) is -7.67. The van der Waals surface area contributed by atoms with E-state index in [1.54, 1.807) is 16.6 Å². The van der Waals surface area contributed by atoms with Crippen molar-refractivity contribution in [3.8, 4) is 0 Å². The average molecular weight is 463 g/mol. The highest BCUT2D eigenvalue weighted by Crippen LogP contribution is 2.60. The molecule has 2 aromatic rings. The Kier molecular flexibility index (Phi) is 5.54. The van der Waals surface area contributed by atoms with E-state index in [2.05, 4.69) is 38.1 Å². The SMILES string of the molecule is CCCCC12C[C@H](CN(S(=O)(=O)c3cccc4cccnc34)C1)[Si](C)(C)O[Si]2(C)C. The van der Waals surface area contributed by atoms with Crippen LogP contribution < -0.4 is 0 Å². The molecule has 5 nitrogen and oxygen atoms in total. The highest BCUT2D eigenvalue weighted by atomic mass is 32.2. The van der Waals surface area contributed by atoms with Gasteiger partial charge in [-0.3, -0.25) is 4.98 Å². The van der Waals surface area contributed by atoms with Gasteiger partial charge in [0.1, 0.15) is 4.90 Å². The van der Waals surface area contributed by atoms with Crippen LogP contribution in [-0.2, 0) is 14.1 Å². The molecule has 30 heavy (non-hydrogen) atoms. The molecule has 164 valence electrons. The Labute approximate surface area is 183 Å². The lowest BCUT2D eigenvalue weighted by Crippen LogP contribution is -2.67. The molecule has 2 fully saturated rings. The van der Waals surface area contributed by atoms with Crippen LogP contribution in [0, 0.1) is 0 Å². The first kappa shape index (κ1) is 22.1. The van der Waals surface area contributed by atoms with Crippen molar-refractivity contribution in [3.63, 3.8) is 0 Å². The molecule has 0 saturated carbocycles. The van der Waals surface area contributed by atoms with Crippen LogP contribution in [0.2, 0.25) is 36.8 Å². The Morgan fingerprint density at radius 1 is 1.20 bits per heavy atom. The number of unbranched alkanes of at least 4 members (excludes halogenated alkanes) is 1. The van der Waals surface area contributed by atoms with Gasteiger partial charge in [-0.1, -0.05) is 38.0 Å². The van der Waals surface area contributed by atoms with Crippen LogP contribution >= 0.6 is 0 Å². The lowest BCUT2D eigenvalue weighted by molar-refractivity contribution is 0.207. The summed E-state index contributed by atoms with van der Waals surface area (Å²) in [5, 5.41) is 0.851. The van der Waals surface area contributed by atoms with Crippen molar-refractivity contribution >= 4 is 37.6 Å². The van der Waals surface area contributed by atoms with Gasteiger partial charge >= 0.3 is 0 Å². The van der Waals surface area contributed by atoms with Gasteiger partial charge in [0, 0.05) is 29.7 Å². The quantitative estimate of drug-likeness (QED) is 0.560. The third-order valence-electron chi connectivity index (χ3n) is 7.54. The smallest absolute Gasteiger partial charge is 0.245 e. The summed E-state index contributed by atoms with van der Waals surface area (Å²) in [6.07, 6.45) is 6.11. The molecule has 3 heterocycles. The Morgan fingerprint density at radius 3 is 2.67 bits per heavy atom. The van der Waals surface area contributed by atoms with Gasteiger partial charge in [0.15, 0.2) is 16.6 Å². The molecule has 8 heteroatoms. The van der Waals surface area contributed by atoms with E-state index in [9.17, 15) is 8.42 Å². The zero-order chi connectivity index (χ0) is 21.8. The average Bonchev–Trinajstić information content (AvgIpc) is 2.70. The van der Waals surface area contributed by atoms with Crippen LogP contribution in [0.4, 0.5) is 0 Å². The fourth-order valence-corrected chi connectivity index (χ4v) is 18.2. The maximum atomic E-state index is 13.9. The highest BCUT2D eigenvalue weighted by Gasteiger charge is 2.62. The minimum absolute atomic E-state index is 0.0144. The molecule has 1 unspecified atom stereocenters. The Bertz CT molecular complexity index is 1050. The summed E-state index contributed by atoms with van der Waals surface area (Å²) in [6, 6.07) is 9.25.